The molecule has 1 atom stereocenters. The summed E-state index contributed by atoms with van der Waals surface area (Å²) in [6.45, 7) is 0. The highest BCUT2D eigenvalue weighted by Crippen LogP contribution is 2.31. The molecular formula is C24H26N2O5S. The van der Waals surface area contributed by atoms with Gasteiger partial charge in [0.25, 0.3) is 0 Å². The number of nitrogens with one attached hydrogen (secondary N) is 1. The Balaban J connectivity index is 1.92. The number of nitrogens with zero attached hydrogens (tertiary/aromatic N) is 1. The fourth-order valence-corrected chi connectivity index (χ4v) is 4.70. The molecule has 7 nitrogen and oxygen atoms in total. The van der Waals surface area contributed by atoms with E-state index in [1.165, 1.54) is 30.6 Å². The molecule has 32 heavy (non-hydrogen) atoms. The van der Waals surface area contributed by atoms with Crippen molar-refractivity contribution < 1.29 is 22.7 Å². The number of sulfonamides is 1. The molecule has 0 saturated heterocycles. The van der Waals surface area contributed by atoms with Crippen molar-refractivity contribution in [1.82, 2.24) is 4.31 Å². The number of benzene rings is 3. The summed E-state index contributed by atoms with van der Waals surface area (Å²) >= 11 is 0. The summed E-state index contributed by atoms with van der Waals surface area (Å²) in [5, 5.41) is 2.82. The lowest BCUT2D eigenvalue weighted by atomic mass is 10.0. The lowest BCUT2D eigenvalue weighted by Gasteiger charge is -2.28. The van der Waals surface area contributed by atoms with E-state index in [1.807, 2.05) is 0 Å². The molecule has 0 saturated carbocycles. The average molecular weight is 455 g/mol. The van der Waals surface area contributed by atoms with Gasteiger partial charge in [0, 0.05) is 13.5 Å². The van der Waals surface area contributed by atoms with Crippen LogP contribution in [0.3, 0.4) is 0 Å². The average Bonchev–Trinajstić information content (AvgIpc) is 2.83. The second-order valence-electron chi connectivity index (χ2n) is 7.08. The zero-order chi connectivity index (χ0) is 23.1. The Hall–Kier alpha value is -3.36. The van der Waals surface area contributed by atoms with Gasteiger partial charge in [-0.3, -0.25) is 4.79 Å². The van der Waals surface area contributed by atoms with Gasteiger partial charge in [-0.1, -0.05) is 42.5 Å². The van der Waals surface area contributed by atoms with Crippen molar-refractivity contribution in [2.24, 2.45) is 0 Å². The predicted molar refractivity (Wildman–Crippen MR) is 123 cm³/mol. The molecule has 8 heteroatoms. The maximum absolute atomic E-state index is 13.3. The fraction of sp³-hybridized carbons (Fsp3) is 0.208. The minimum absolute atomic E-state index is 0.0903. The molecule has 1 N–H and O–H groups in total. The molecule has 3 aromatic carbocycles. The molecule has 1 amide bonds. The van der Waals surface area contributed by atoms with Gasteiger partial charge in [-0.25, -0.2) is 8.42 Å². The van der Waals surface area contributed by atoms with Crippen molar-refractivity contribution in [1.29, 1.82) is 0 Å². The minimum Gasteiger partial charge on any atom is -0.497 e. The molecule has 0 unspecified atom stereocenters. The summed E-state index contributed by atoms with van der Waals surface area (Å²) in [5.74, 6) is 0.817. The van der Waals surface area contributed by atoms with E-state index in [1.54, 1.807) is 73.8 Å². The van der Waals surface area contributed by atoms with Gasteiger partial charge in [-0.05, 0) is 42.0 Å². The second-order valence-corrected chi connectivity index (χ2v) is 9.07. The number of hydrogen-bond donors (Lipinski definition) is 1. The molecule has 0 aliphatic heterocycles. The van der Waals surface area contributed by atoms with Gasteiger partial charge in [0.1, 0.15) is 11.5 Å². The van der Waals surface area contributed by atoms with Gasteiger partial charge < -0.3 is 14.8 Å². The highest BCUT2D eigenvalue weighted by molar-refractivity contribution is 7.89. The van der Waals surface area contributed by atoms with Crippen LogP contribution in [0.1, 0.15) is 18.0 Å². The molecule has 0 heterocycles. The number of para-hydroxylation sites is 2. The normalized spacial score (nSPS) is 12.2. The zero-order valence-corrected chi connectivity index (χ0v) is 19.0. The molecule has 0 bridgehead atoms. The van der Waals surface area contributed by atoms with Crippen LogP contribution in [0.25, 0.3) is 0 Å². The Morgan fingerprint density at radius 2 is 1.53 bits per heavy atom. The largest absolute Gasteiger partial charge is 0.497 e. The van der Waals surface area contributed by atoms with Crippen LogP contribution in [-0.2, 0) is 14.8 Å². The number of hydrogen-bond acceptors (Lipinski definition) is 5. The number of carbonyl (C=O) groups excluding carboxylic acids is 1. The highest BCUT2D eigenvalue weighted by atomic mass is 32.2. The summed E-state index contributed by atoms with van der Waals surface area (Å²) in [6.07, 6.45) is -0.0903. The molecular weight excluding hydrogens is 428 g/mol. The van der Waals surface area contributed by atoms with E-state index in [-0.39, 0.29) is 17.2 Å². The highest BCUT2D eigenvalue weighted by Gasteiger charge is 2.31. The van der Waals surface area contributed by atoms with Crippen LogP contribution in [-0.4, -0.2) is 39.9 Å². The Kier molecular flexibility index (Phi) is 7.50. The van der Waals surface area contributed by atoms with Crippen LogP contribution in [0, 0.1) is 0 Å². The number of rotatable bonds is 9. The van der Waals surface area contributed by atoms with Crippen molar-refractivity contribution in [2.45, 2.75) is 17.4 Å². The van der Waals surface area contributed by atoms with Crippen molar-refractivity contribution in [2.75, 3.05) is 26.6 Å². The quantitative estimate of drug-likeness (QED) is 0.526. The summed E-state index contributed by atoms with van der Waals surface area (Å²) in [6, 6.07) is 21.5. The lowest BCUT2D eigenvalue weighted by Crippen LogP contribution is -2.33. The van der Waals surface area contributed by atoms with Gasteiger partial charge in [0.15, 0.2) is 0 Å². The van der Waals surface area contributed by atoms with Gasteiger partial charge in [0.2, 0.25) is 15.9 Å². The summed E-state index contributed by atoms with van der Waals surface area (Å²) in [7, 11) is 0.718. The molecule has 0 aliphatic rings. The predicted octanol–water partition coefficient (Wildman–Crippen LogP) is 4.09. The van der Waals surface area contributed by atoms with Gasteiger partial charge in [-0.15, -0.1) is 0 Å². The fourth-order valence-electron chi connectivity index (χ4n) is 3.33. The molecule has 0 fully saturated rings. The first-order valence-corrected chi connectivity index (χ1v) is 11.4. The van der Waals surface area contributed by atoms with Crippen LogP contribution in [0.4, 0.5) is 5.69 Å². The van der Waals surface area contributed by atoms with Gasteiger partial charge in [0.05, 0.1) is 30.8 Å². The van der Waals surface area contributed by atoms with E-state index < -0.39 is 16.1 Å². The third-order valence-electron chi connectivity index (χ3n) is 5.12. The molecule has 0 radical (unpaired) electrons. The van der Waals surface area contributed by atoms with Crippen molar-refractivity contribution in [3.63, 3.8) is 0 Å². The number of amides is 1. The Bertz CT molecular complexity index is 1150. The van der Waals surface area contributed by atoms with Crippen LogP contribution in [0.5, 0.6) is 11.5 Å². The first-order valence-electron chi connectivity index (χ1n) is 9.96. The van der Waals surface area contributed by atoms with Crippen molar-refractivity contribution >= 4 is 21.6 Å². The van der Waals surface area contributed by atoms with Crippen LogP contribution in [0.2, 0.25) is 0 Å². The van der Waals surface area contributed by atoms with E-state index in [4.69, 9.17) is 9.47 Å². The molecule has 3 rings (SSSR count). The Morgan fingerprint density at radius 3 is 2.16 bits per heavy atom. The Labute approximate surface area is 188 Å². The Morgan fingerprint density at radius 1 is 0.906 bits per heavy atom. The number of carbonyl (C=O) groups is 1. The zero-order valence-electron chi connectivity index (χ0n) is 18.2. The summed E-state index contributed by atoms with van der Waals surface area (Å²) in [5.41, 5.74) is 1.19. The topological polar surface area (TPSA) is 84.9 Å². The second kappa shape index (κ2) is 10.3. The van der Waals surface area contributed by atoms with E-state index >= 15 is 0 Å². The van der Waals surface area contributed by atoms with Crippen molar-refractivity contribution in [3.8, 4) is 11.5 Å². The standard InChI is InChI=1S/C24H26N2O5S/c1-26(32(28,29)20-9-5-4-6-10-20)22(18-13-15-19(30-2)16-14-18)17-24(27)25-21-11-7-8-12-23(21)31-3/h4-16,22H,17H2,1-3H3,(H,25,27)/t22-/m0/s1. The van der Waals surface area contributed by atoms with E-state index in [2.05, 4.69) is 5.32 Å². The van der Waals surface area contributed by atoms with E-state index in [0.29, 0.717) is 22.7 Å². The molecule has 168 valence electrons. The van der Waals surface area contributed by atoms with Crippen LogP contribution < -0.4 is 14.8 Å². The minimum atomic E-state index is -3.84. The number of anilines is 1. The first-order chi connectivity index (χ1) is 15.4. The van der Waals surface area contributed by atoms with E-state index in [0.717, 1.165) is 0 Å². The van der Waals surface area contributed by atoms with Crippen LogP contribution in [0.15, 0.2) is 83.8 Å². The lowest BCUT2D eigenvalue weighted by molar-refractivity contribution is -0.117. The van der Waals surface area contributed by atoms with Gasteiger partial charge >= 0.3 is 0 Å². The summed E-state index contributed by atoms with van der Waals surface area (Å²) in [4.78, 5) is 13.1. The third kappa shape index (κ3) is 5.27. The number of methoxy groups -OCH3 is 2. The van der Waals surface area contributed by atoms with Gasteiger partial charge in [-0.2, -0.15) is 4.31 Å². The number of ether oxygens (including phenoxy) is 2. The van der Waals surface area contributed by atoms with Crippen LogP contribution >= 0.6 is 0 Å². The smallest absolute Gasteiger partial charge is 0.243 e. The maximum Gasteiger partial charge on any atom is 0.243 e. The molecule has 0 aromatic heterocycles. The molecule has 0 aliphatic carbocycles. The van der Waals surface area contributed by atoms with E-state index in [9.17, 15) is 13.2 Å². The SMILES string of the molecule is COc1ccc([C@H](CC(=O)Nc2ccccc2OC)N(C)S(=O)(=O)c2ccccc2)cc1. The maximum atomic E-state index is 13.3. The van der Waals surface area contributed by atoms with Crippen molar-refractivity contribution in [3.05, 3.63) is 84.4 Å². The molecule has 3 aromatic rings. The first kappa shape index (κ1) is 23.3. The monoisotopic (exact) mass is 454 g/mol. The molecule has 0 spiro atoms. The summed E-state index contributed by atoms with van der Waals surface area (Å²) < 4.78 is 38.2. The third-order valence-corrected chi connectivity index (χ3v) is 7.00.